The van der Waals surface area contributed by atoms with Crippen molar-refractivity contribution in [3.8, 4) is 0 Å². The fraction of sp³-hybridized carbons (Fsp3) is 0.222. The molecule has 0 heterocycles. The van der Waals surface area contributed by atoms with E-state index < -0.39 is 12.1 Å². The lowest BCUT2D eigenvalue weighted by molar-refractivity contribution is -0.141. The lowest BCUT2D eigenvalue weighted by Crippen LogP contribution is -2.14. The van der Waals surface area contributed by atoms with Gasteiger partial charge in [-0.25, -0.2) is 4.79 Å². The molecule has 4 heteroatoms. The summed E-state index contributed by atoms with van der Waals surface area (Å²) in [4.78, 5) is 23.1. The summed E-state index contributed by atoms with van der Waals surface area (Å²) in [6.07, 6.45) is -0.0319. The molecule has 0 fully saturated rings. The van der Waals surface area contributed by atoms with Gasteiger partial charge in [0.15, 0.2) is 0 Å². The number of carbonyl (C=O) groups excluding carboxylic acids is 2. The molecule has 0 N–H and O–H groups in total. The fourth-order valence-electron chi connectivity index (χ4n) is 2.04. The van der Waals surface area contributed by atoms with Crippen LogP contribution in [-0.2, 0) is 14.3 Å². The third kappa shape index (κ3) is 4.74. The molecule has 0 saturated carbocycles. The Morgan fingerprint density at radius 2 is 1.55 bits per heavy atom. The molecule has 22 heavy (non-hydrogen) atoms. The van der Waals surface area contributed by atoms with Gasteiger partial charge < -0.3 is 9.47 Å². The Morgan fingerprint density at radius 3 is 2.14 bits per heavy atom. The normalized spacial score (nSPS) is 11.5. The van der Waals surface area contributed by atoms with Crippen LogP contribution in [0, 0.1) is 0 Å². The highest BCUT2D eigenvalue weighted by Crippen LogP contribution is 2.22. The number of esters is 2. The van der Waals surface area contributed by atoms with Gasteiger partial charge in [-0.05, 0) is 17.7 Å². The quantitative estimate of drug-likeness (QED) is 0.765. The molecule has 0 aliphatic rings. The number of carbonyl (C=O) groups is 2. The lowest BCUT2D eigenvalue weighted by Gasteiger charge is -2.18. The van der Waals surface area contributed by atoms with Crippen LogP contribution in [0.1, 0.15) is 35.4 Å². The Bertz CT molecular complexity index is 607. The number of ether oxygens (including phenoxy) is 2. The second kappa shape index (κ2) is 7.98. The molecule has 1 unspecified atom stereocenters. The molecule has 2 aromatic carbocycles. The molecule has 0 aliphatic heterocycles. The van der Waals surface area contributed by atoms with Crippen LogP contribution < -0.4 is 0 Å². The Kier molecular flexibility index (Phi) is 5.72. The maximum atomic E-state index is 12.2. The monoisotopic (exact) mass is 298 g/mol. The topological polar surface area (TPSA) is 52.6 Å². The highest BCUT2D eigenvalue weighted by Gasteiger charge is 2.18. The summed E-state index contributed by atoms with van der Waals surface area (Å²) < 4.78 is 10.5. The van der Waals surface area contributed by atoms with Crippen molar-refractivity contribution in [1.82, 2.24) is 0 Å². The van der Waals surface area contributed by atoms with Crippen molar-refractivity contribution in [3.63, 3.8) is 0 Å². The van der Waals surface area contributed by atoms with E-state index in [9.17, 15) is 9.59 Å². The molecule has 0 radical (unpaired) electrons. The van der Waals surface area contributed by atoms with E-state index in [4.69, 9.17) is 9.47 Å². The molecule has 2 rings (SSSR count). The van der Waals surface area contributed by atoms with Crippen molar-refractivity contribution in [2.24, 2.45) is 0 Å². The molecule has 0 bridgehead atoms. The van der Waals surface area contributed by atoms with E-state index >= 15 is 0 Å². The first-order valence-corrected chi connectivity index (χ1v) is 7.11. The van der Waals surface area contributed by atoms with Gasteiger partial charge in [0.2, 0.25) is 0 Å². The number of benzene rings is 2. The first-order chi connectivity index (χ1) is 10.7. The van der Waals surface area contributed by atoms with Gasteiger partial charge in [0, 0.05) is 13.3 Å². The SMILES string of the molecule is CC(=O)OCCC(OC(=O)c1ccccc1)c1ccccc1. The van der Waals surface area contributed by atoms with Gasteiger partial charge >= 0.3 is 11.9 Å². The van der Waals surface area contributed by atoms with Gasteiger partial charge in [-0.3, -0.25) is 4.79 Å². The van der Waals surface area contributed by atoms with Crippen LogP contribution in [-0.4, -0.2) is 18.5 Å². The molecule has 1 atom stereocenters. The van der Waals surface area contributed by atoms with E-state index in [0.717, 1.165) is 5.56 Å². The van der Waals surface area contributed by atoms with Gasteiger partial charge in [-0.15, -0.1) is 0 Å². The summed E-state index contributed by atoms with van der Waals surface area (Å²) in [5.41, 5.74) is 1.37. The maximum absolute atomic E-state index is 12.2. The number of hydrogen-bond donors (Lipinski definition) is 0. The lowest BCUT2D eigenvalue weighted by atomic mass is 10.1. The van der Waals surface area contributed by atoms with Crippen molar-refractivity contribution in [1.29, 1.82) is 0 Å². The molecular weight excluding hydrogens is 280 g/mol. The van der Waals surface area contributed by atoms with Crippen LogP contribution >= 0.6 is 0 Å². The number of hydrogen-bond acceptors (Lipinski definition) is 4. The van der Waals surface area contributed by atoms with E-state index in [2.05, 4.69) is 0 Å². The Hall–Kier alpha value is -2.62. The molecule has 2 aromatic rings. The van der Waals surface area contributed by atoms with E-state index in [1.807, 2.05) is 36.4 Å². The van der Waals surface area contributed by atoms with Crippen LogP contribution in [0.2, 0.25) is 0 Å². The predicted molar refractivity (Wildman–Crippen MR) is 82.3 cm³/mol. The van der Waals surface area contributed by atoms with Gasteiger partial charge in [-0.2, -0.15) is 0 Å². The maximum Gasteiger partial charge on any atom is 0.338 e. The van der Waals surface area contributed by atoms with E-state index in [-0.39, 0.29) is 12.6 Å². The smallest absolute Gasteiger partial charge is 0.338 e. The van der Waals surface area contributed by atoms with E-state index in [1.54, 1.807) is 24.3 Å². The average Bonchev–Trinajstić information content (AvgIpc) is 2.55. The van der Waals surface area contributed by atoms with Crippen LogP contribution in [0.15, 0.2) is 60.7 Å². The highest BCUT2D eigenvalue weighted by atomic mass is 16.6. The molecule has 0 saturated heterocycles. The molecule has 0 aromatic heterocycles. The minimum atomic E-state index is -0.451. The average molecular weight is 298 g/mol. The summed E-state index contributed by atoms with van der Waals surface area (Å²) in [7, 11) is 0. The van der Waals surface area contributed by atoms with Crippen LogP contribution in [0.4, 0.5) is 0 Å². The minimum Gasteiger partial charge on any atom is -0.466 e. The van der Waals surface area contributed by atoms with Gasteiger partial charge in [0.1, 0.15) is 6.10 Å². The first kappa shape index (κ1) is 15.8. The van der Waals surface area contributed by atoms with E-state index in [1.165, 1.54) is 6.92 Å². The Labute approximate surface area is 129 Å². The minimum absolute atomic E-state index is 0.205. The third-order valence-corrected chi connectivity index (χ3v) is 3.12. The van der Waals surface area contributed by atoms with Crippen LogP contribution in [0.3, 0.4) is 0 Å². The largest absolute Gasteiger partial charge is 0.466 e. The van der Waals surface area contributed by atoms with Crippen molar-refractivity contribution in [2.45, 2.75) is 19.4 Å². The molecule has 114 valence electrons. The highest BCUT2D eigenvalue weighted by molar-refractivity contribution is 5.89. The summed E-state index contributed by atoms with van der Waals surface area (Å²) in [5.74, 6) is -0.738. The van der Waals surface area contributed by atoms with Crippen molar-refractivity contribution >= 4 is 11.9 Å². The number of rotatable bonds is 6. The Balaban J connectivity index is 2.07. The van der Waals surface area contributed by atoms with Crippen molar-refractivity contribution in [3.05, 3.63) is 71.8 Å². The molecule has 0 spiro atoms. The standard InChI is InChI=1S/C18H18O4/c1-14(19)21-13-12-17(15-8-4-2-5-9-15)22-18(20)16-10-6-3-7-11-16/h2-11,17H,12-13H2,1H3. The van der Waals surface area contributed by atoms with Crippen molar-refractivity contribution < 1.29 is 19.1 Å². The first-order valence-electron chi connectivity index (χ1n) is 7.11. The van der Waals surface area contributed by atoms with Crippen molar-refractivity contribution in [2.75, 3.05) is 6.61 Å². The zero-order valence-electron chi connectivity index (χ0n) is 12.4. The van der Waals surface area contributed by atoms with Gasteiger partial charge in [0.05, 0.1) is 12.2 Å². The molecule has 0 amide bonds. The van der Waals surface area contributed by atoms with E-state index in [0.29, 0.717) is 12.0 Å². The van der Waals surface area contributed by atoms with Gasteiger partial charge in [0.25, 0.3) is 0 Å². The summed E-state index contributed by atoms with van der Waals surface area (Å²) in [5, 5.41) is 0. The summed E-state index contributed by atoms with van der Waals surface area (Å²) in [6.45, 7) is 1.56. The molecular formula is C18H18O4. The third-order valence-electron chi connectivity index (χ3n) is 3.12. The van der Waals surface area contributed by atoms with Gasteiger partial charge in [-0.1, -0.05) is 48.5 Å². The molecule has 0 aliphatic carbocycles. The second-order valence-corrected chi connectivity index (χ2v) is 4.80. The predicted octanol–water partition coefficient (Wildman–Crippen LogP) is 3.54. The second-order valence-electron chi connectivity index (χ2n) is 4.80. The van der Waals surface area contributed by atoms with Crippen LogP contribution in [0.5, 0.6) is 0 Å². The summed E-state index contributed by atoms with van der Waals surface area (Å²) in [6, 6.07) is 18.2. The zero-order valence-corrected chi connectivity index (χ0v) is 12.4. The Morgan fingerprint density at radius 1 is 0.955 bits per heavy atom. The fourth-order valence-corrected chi connectivity index (χ4v) is 2.04. The summed E-state index contributed by atoms with van der Waals surface area (Å²) >= 11 is 0. The molecule has 4 nitrogen and oxygen atoms in total. The van der Waals surface area contributed by atoms with Crippen LogP contribution in [0.25, 0.3) is 0 Å². The zero-order chi connectivity index (χ0) is 15.8.